The molecule has 0 aliphatic rings. The number of carbonyl (C=O) groups is 1. The molecular formula is C17H18FNO3. The highest BCUT2D eigenvalue weighted by Gasteiger charge is 2.18. The first-order valence-corrected chi connectivity index (χ1v) is 6.99. The Labute approximate surface area is 128 Å². The van der Waals surface area contributed by atoms with E-state index in [-0.39, 0.29) is 11.7 Å². The molecule has 0 unspecified atom stereocenters. The molecule has 116 valence electrons. The van der Waals surface area contributed by atoms with Crippen molar-refractivity contribution in [3.63, 3.8) is 0 Å². The number of anilines is 1. The number of ether oxygens (including phenoxy) is 2. The Bertz CT molecular complexity index is 611. The zero-order chi connectivity index (χ0) is 15.9. The highest BCUT2D eigenvalue weighted by Crippen LogP contribution is 2.18. The number of amides is 1. The van der Waals surface area contributed by atoms with Crippen LogP contribution in [0.4, 0.5) is 10.1 Å². The van der Waals surface area contributed by atoms with Crippen LogP contribution < -0.4 is 14.8 Å². The molecule has 4 nitrogen and oxygen atoms in total. The summed E-state index contributed by atoms with van der Waals surface area (Å²) in [6.45, 7) is 1.85. The lowest BCUT2D eigenvalue weighted by molar-refractivity contribution is -0.122. The third-order valence-electron chi connectivity index (χ3n) is 3.11. The fraction of sp³-hybridized carbons (Fsp3) is 0.235. The number of methoxy groups -OCH3 is 1. The Balaban J connectivity index is 1.99. The molecule has 2 rings (SSSR count). The van der Waals surface area contributed by atoms with Gasteiger partial charge in [-0.1, -0.05) is 6.92 Å². The lowest BCUT2D eigenvalue weighted by Gasteiger charge is -2.17. The number of hydrogen-bond acceptors (Lipinski definition) is 3. The zero-order valence-corrected chi connectivity index (χ0v) is 12.5. The van der Waals surface area contributed by atoms with Crippen molar-refractivity contribution in [2.45, 2.75) is 19.4 Å². The second-order valence-electron chi connectivity index (χ2n) is 4.69. The van der Waals surface area contributed by atoms with E-state index in [1.54, 1.807) is 31.4 Å². The lowest BCUT2D eigenvalue weighted by Crippen LogP contribution is -2.32. The topological polar surface area (TPSA) is 47.6 Å². The SMILES string of the molecule is CC[C@@H](Oc1ccc(F)cc1)C(=O)Nc1ccc(OC)cc1. The van der Waals surface area contributed by atoms with Crippen molar-refractivity contribution in [3.8, 4) is 11.5 Å². The molecule has 0 aliphatic carbocycles. The summed E-state index contributed by atoms with van der Waals surface area (Å²) in [4.78, 5) is 12.2. The lowest BCUT2D eigenvalue weighted by atomic mass is 10.2. The number of nitrogens with one attached hydrogen (secondary N) is 1. The molecule has 0 spiro atoms. The highest BCUT2D eigenvalue weighted by molar-refractivity contribution is 5.94. The maximum atomic E-state index is 12.9. The van der Waals surface area contributed by atoms with Crippen molar-refractivity contribution in [3.05, 3.63) is 54.3 Å². The van der Waals surface area contributed by atoms with E-state index in [1.165, 1.54) is 24.3 Å². The first-order valence-electron chi connectivity index (χ1n) is 6.99. The maximum Gasteiger partial charge on any atom is 0.265 e. The van der Waals surface area contributed by atoms with Crippen molar-refractivity contribution in [2.24, 2.45) is 0 Å². The number of halogens is 1. The van der Waals surface area contributed by atoms with Crippen molar-refractivity contribution in [1.29, 1.82) is 0 Å². The van der Waals surface area contributed by atoms with Crippen molar-refractivity contribution in [2.75, 3.05) is 12.4 Å². The maximum absolute atomic E-state index is 12.9. The quantitative estimate of drug-likeness (QED) is 0.886. The van der Waals surface area contributed by atoms with Crippen molar-refractivity contribution in [1.82, 2.24) is 0 Å². The van der Waals surface area contributed by atoms with Gasteiger partial charge in [0.15, 0.2) is 6.10 Å². The van der Waals surface area contributed by atoms with Gasteiger partial charge in [0.1, 0.15) is 17.3 Å². The van der Waals surface area contributed by atoms with Crippen LogP contribution in [-0.4, -0.2) is 19.1 Å². The minimum atomic E-state index is -0.646. The van der Waals surface area contributed by atoms with Crippen LogP contribution in [0.1, 0.15) is 13.3 Å². The van der Waals surface area contributed by atoms with Gasteiger partial charge in [-0.25, -0.2) is 4.39 Å². The predicted octanol–water partition coefficient (Wildman–Crippen LogP) is 3.63. The van der Waals surface area contributed by atoms with Gasteiger partial charge in [0.25, 0.3) is 5.91 Å². The van der Waals surface area contributed by atoms with E-state index in [0.717, 1.165) is 0 Å². The van der Waals surface area contributed by atoms with E-state index in [4.69, 9.17) is 9.47 Å². The Morgan fingerprint density at radius 3 is 2.23 bits per heavy atom. The molecule has 0 saturated carbocycles. The fourth-order valence-electron chi connectivity index (χ4n) is 1.90. The smallest absolute Gasteiger partial charge is 0.265 e. The summed E-state index contributed by atoms with van der Waals surface area (Å²) in [5.74, 6) is 0.575. The second kappa shape index (κ2) is 7.45. The highest BCUT2D eigenvalue weighted by atomic mass is 19.1. The van der Waals surface area contributed by atoms with Gasteiger partial charge < -0.3 is 14.8 Å². The summed E-state index contributed by atoms with van der Waals surface area (Å²) in [5, 5.41) is 2.78. The summed E-state index contributed by atoms with van der Waals surface area (Å²) >= 11 is 0. The van der Waals surface area contributed by atoms with Crippen LogP contribution in [0.5, 0.6) is 11.5 Å². The monoisotopic (exact) mass is 303 g/mol. The van der Waals surface area contributed by atoms with Crippen LogP contribution in [0, 0.1) is 5.82 Å². The zero-order valence-electron chi connectivity index (χ0n) is 12.5. The minimum absolute atomic E-state index is 0.253. The summed E-state index contributed by atoms with van der Waals surface area (Å²) < 4.78 is 23.5. The molecule has 0 aliphatic heterocycles. The van der Waals surface area contributed by atoms with Gasteiger partial charge in [-0.05, 0) is 55.0 Å². The number of rotatable bonds is 6. The van der Waals surface area contributed by atoms with Gasteiger partial charge in [0.2, 0.25) is 0 Å². The molecule has 1 amide bonds. The van der Waals surface area contributed by atoms with Gasteiger partial charge in [-0.2, -0.15) is 0 Å². The molecule has 0 heterocycles. The van der Waals surface area contributed by atoms with Crippen LogP contribution in [0.2, 0.25) is 0 Å². The third kappa shape index (κ3) is 4.22. The molecule has 2 aromatic rings. The van der Waals surface area contributed by atoms with Gasteiger partial charge in [-0.15, -0.1) is 0 Å². The Morgan fingerprint density at radius 1 is 1.09 bits per heavy atom. The van der Waals surface area contributed by atoms with Gasteiger partial charge in [-0.3, -0.25) is 4.79 Å². The Morgan fingerprint density at radius 2 is 1.68 bits per heavy atom. The van der Waals surface area contributed by atoms with Gasteiger partial charge in [0, 0.05) is 5.69 Å². The summed E-state index contributed by atoms with van der Waals surface area (Å²) in [7, 11) is 1.58. The van der Waals surface area contributed by atoms with E-state index in [2.05, 4.69) is 5.32 Å². The van der Waals surface area contributed by atoms with E-state index in [0.29, 0.717) is 23.6 Å². The molecule has 5 heteroatoms. The van der Waals surface area contributed by atoms with Gasteiger partial charge >= 0.3 is 0 Å². The average molecular weight is 303 g/mol. The number of benzene rings is 2. The van der Waals surface area contributed by atoms with E-state index in [1.807, 2.05) is 6.92 Å². The number of hydrogen-bond donors (Lipinski definition) is 1. The van der Waals surface area contributed by atoms with Crippen LogP contribution in [0.15, 0.2) is 48.5 Å². The van der Waals surface area contributed by atoms with E-state index < -0.39 is 6.10 Å². The predicted molar refractivity (Wildman–Crippen MR) is 82.7 cm³/mol. The van der Waals surface area contributed by atoms with Crippen molar-refractivity contribution >= 4 is 11.6 Å². The first kappa shape index (κ1) is 15.8. The summed E-state index contributed by atoms with van der Waals surface area (Å²) in [6.07, 6.45) is -0.146. The summed E-state index contributed by atoms with van der Waals surface area (Å²) in [5.41, 5.74) is 0.659. The Kier molecular flexibility index (Phi) is 5.36. The van der Waals surface area contributed by atoms with Crippen LogP contribution in [0.3, 0.4) is 0 Å². The summed E-state index contributed by atoms with van der Waals surface area (Å²) in [6, 6.07) is 12.6. The van der Waals surface area contributed by atoms with Crippen LogP contribution in [0.25, 0.3) is 0 Å². The van der Waals surface area contributed by atoms with Gasteiger partial charge in [0.05, 0.1) is 7.11 Å². The molecule has 22 heavy (non-hydrogen) atoms. The minimum Gasteiger partial charge on any atom is -0.497 e. The fourth-order valence-corrected chi connectivity index (χ4v) is 1.90. The van der Waals surface area contributed by atoms with Crippen LogP contribution >= 0.6 is 0 Å². The standard InChI is InChI=1S/C17H18FNO3/c1-3-16(22-15-8-4-12(18)5-9-15)17(20)19-13-6-10-14(21-2)11-7-13/h4-11,16H,3H2,1-2H3,(H,19,20)/t16-/m1/s1. The molecule has 1 N–H and O–H groups in total. The van der Waals surface area contributed by atoms with Crippen LogP contribution in [-0.2, 0) is 4.79 Å². The first-order chi connectivity index (χ1) is 10.6. The molecule has 0 fully saturated rings. The normalized spacial score (nSPS) is 11.6. The third-order valence-corrected chi connectivity index (χ3v) is 3.11. The molecule has 1 atom stereocenters. The molecule has 0 bridgehead atoms. The second-order valence-corrected chi connectivity index (χ2v) is 4.69. The van der Waals surface area contributed by atoms with E-state index >= 15 is 0 Å². The Hall–Kier alpha value is -2.56. The molecule has 2 aromatic carbocycles. The van der Waals surface area contributed by atoms with Crippen molar-refractivity contribution < 1.29 is 18.7 Å². The number of carbonyl (C=O) groups excluding carboxylic acids is 1. The average Bonchev–Trinajstić information content (AvgIpc) is 2.55. The molecule has 0 radical (unpaired) electrons. The molecule has 0 saturated heterocycles. The largest absolute Gasteiger partial charge is 0.497 e. The molecule has 0 aromatic heterocycles. The van der Waals surface area contributed by atoms with E-state index in [9.17, 15) is 9.18 Å². The molecular weight excluding hydrogens is 285 g/mol.